The Bertz CT molecular complexity index is 573. The van der Waals surface area contributed by atoms with Crippen LogP contribution in [0.25, 0.3) is 0 Å². The van der Waals surface area contributed by atoms with Gasteiger partial charge in [-0.2, -0.15) is 0 Å². The van der Waals surface area contributed by atoms with Crippen LogP contribution < -0.4 is 5.73 Å². The fourth-order valence-corrected chi connectivity index (χ4v) is 3.75. The molecule has 0 bridgehead atoms. The average molecular weight is 279 g/mol. The maximum atomic E-state index is 6.91. The molecular formula is C20H25N. The molecule has 2 atom stereocenters. The predicted molar refractivity (Wildman–Crippen MR) is 89.5 cm³/mol. The molecule has 0 aliphatic heterocycles. The van der Waals surface area contributed by atoms with Gasteiger partial charge in [-0.15, -0.1) is 0 Å². The molecule has 1 nitrogen and oxygen atoms in total. The van der Waals surface area contributed by atoms with Gasteiger partial charge >= 0.3 is 0 Å². The molecule has 21 heavy (non-hydrogen) atoms. The van der Waals surface area contributed by atoms with Crippen LogP contribution in [0.2, 0.25) is 0 Å². The highest BCUT2D eigenvalue weighted by atomic mass is 14.8. The lowest BCUT2D eigenvalue weighted by Gasteiger charge is -2.42. The second kappa shape index (κ2) is 6.03. The predicted octanol–water partition coefficient (Wildman–Crippen LogP) is 4.59. The first-order valence-corrected chi connectivity index (χ1v) is 8.07. The van der Waals surface area contributed by atoms with Gasteiger partial charge in [0.05, 0.1) is 0 Å². The summed E-state index contributed by atoms with van der Waals surface area (Å²) < 4.78 is 0. The molecule has 2 aromatic carbocycles. The van der Waals surface area contributed by atoms with Crippen molar-refractivity contribution in [2.75, 3.05) is 0 Å². The monoisotopic (exact) mass is 279 g/mol. The van der Waals surface area contributed by atoms with Gasteiger partial charge in [0.2, 0.25) is 0 Å². The molecule has 2 unspecified atom stereocenters. The maximum absolute atomic E-state index is 6.91. The summed E-state index contributed by atoms with van der Waals surface area (Å²) in [6.07, 6.45) is 5.87. The van der Waals surface area contributed by atoms with Crippen LogP contribution in [0.4, 0.5) is 0 Å². The first-order chi connectivity index (χ1) is 10.2. The van der Waals surface area contributed by atoms with Crippen molar-refractivity contribution in [2.24, 2.45) is 5.73 Å². The van der Waals surface area contributed by atoms with E-state index in [9.17, 15) is 0 Å². The zero-order valence-electron chi connectivity index (χ0n) is 12.9. The fourth-order valence-electron chi connectivity index (χ4n) is 3.75. The number of hydrogen-bond donors (Lipinski definition) is 1. The smallest absolute Gasteiger partial charge is 0.0264 e. The summed E-state index contributed by atoms with van der Waals surface area (Å²) in [6, 6.07) is 19.7. The van der Waals surface area contributed by atoms with Gasteiger partial charge in [0, 0.05) is 11.5 Å². The second-order valence-corrected chi connectivity index (χ2v) is 6.60. The zero-order chi connectivity index (χ0) is 14.7. The molecule has 0 radical (unpaired) electrons. The highest BCUT2D eigenvalue weighted by molar-refractivity contribution is 5.29. The van der Waals surface area contributed by atoms with Crippen LogP contribution in [-0.4, -0.2) is 5.54 Å². The van der Waals surface area contributed by atoms with Gasteiger partial charge in [-0.05, 0) is 37.3 Å². The van der Waals surface area contributed by atoms with E-state index in [1.807, 2.05) is 0 Å². The summed E-state index contributed by atoms with van der Waals surface area (Å²) in [7, 11) is 0. The van der Waals surface area contributed by atoms with Crippen molar-refractivity contribution in [3.63, 3.8) is 0 Å². The molecule has 1 heteroatoms. The van der Waals surface area contributed by atoms with Crippen LogP contribution in [0, 0.1) is 6.92 Å². The molecule has 0 amide bonds. The Hall–Kier alpha value is -1.60. The van der Waals surface area contributed by atoms with Crippen molar-refractivity contribution < 1.29 is 0 Å². The van der Waals surface area contributed by atoms with Crippen molar-refractivity contribution in [1.82, 2.24) is 0 Å². The van der Waals surface area contributed by atoms with E-state index >= 15 is 0 Å². The molecular weight excluding hydrogens is 254 g/mol. The third kappa shape index (κ3) is 3.19. The third-order valence-electron chi connectivity index (χ3n) is 4.93. The zero-order valence-corrected chi connectivity index (χ0v) is 12.9. The summed E-state index contributed by atoms with van der Waals surface area (Å²) >= 11 is 0. The van der Waals surface area contributed by atoms with Gasteiger partial charge in [0.1, 0.15) is 0 Å². The van der Waals surface area contributed by atoms with Crippen molar-refractivity contribution >= 4 is 0 Å². The van der Waals surface area contributed by atoms with E-state index in [0.29, 0.717) is 5.92 Å². The normalized spacial score (nSPS) is 25.7. The summed E-state index contributed by atoms with van der Waals surface area (Å²) in [5.41, 5.74) is 10.9. The first kappa shape index (κ1) is 14.3. The Morgan fingerprint density at radius 2 is 1.71 bits per heavy atom. The number of rotatable bonds is 3. The fraction of sp³-hybridized carbons (Fsp3) is 0.400. The van der Waals surface area contributed by atoms with Crippen molar-refractivity contribution in [1.29, 1.82) is 0 Å². The Kier molecular flexibility index (Phi) is 4.12. The molecule has 2 N–H and O–H groups in total. The molecule has 1 saturated carbocycles. The van der Waals surface area contributed by atoms with Gasteiger partial charge in [-0.25, -0.2) is 0 Å². The second-order valence-electron chi connectivity index (χ2n) is 6.60. The van der Waals surface area contributed by atoms with Crippen LogP contribution in [0.15, 0.2) is 54.6 Å². The van der Waals surface area contributed by atoms with Crippen LogP contribution >= 0.6 is 0 Å². The molecule has 1 aliphatic rings. The summed E-state index contributed by atoms with van der Waals surface area (Å²) in [4.78, 5) is 0. The SMILES string of the molecule is Cc1ccc(CC2(N)CCCCC2c2ccccc2)cc1. The van der Waals surface area contributed by atoms with Gasteiger partial charge < -0.3 is 5.73 Å². The van der Waals surface area contributed by atoms with Crippen LogP contribution in [-0.2, 0) is 6.42 Å². The Morgan fingerprint density at radius 1 is 1.00 bits per heavy atom. The summed E-state index contributed by atoms with van der Waals surface area (Å²) in [5, 5.41) is 0. The van der Waals surface area contributed by atoms with Crippen molar-refractivity contribution in [2.45, 2.75) is 50.5 Å². The number of nitrogens with two attached hydrogens (primary N) is 1. The maximum Gasteiger partial charge on any atom is 0.0264 e. The third-order valence-corrected chi connectivity index (χ3v) is 4.93. The Balaban J connectivity index is 1.86. The highest BCUT2D eigenvalue weighted by Crippen LogP contribution is 2.41. The molecule has 1 fully saturated rings. The number of aryl methyl sites for hydroxylation is 1. The van der Waals surface area contributed by atoms with E-state index in [0.717, 1.165) is 12.8 Å². The Labute approximate surface area is 128 Å². The summed E-state index contributed by atoms with van der Waals surface area (Å²) in [6.45, 7) is 2.13. The first-order valence-electron chi connectivity index (χ1n) is 8.07. The number of hydrogen-bond acceptors (Lipinski definition) is 1. The number of benzene rings is 2. The molecule has 0 heterocycles. The lowest BCUT2D eigenvalue weighted by molar-refractivity contribution is 0.249. The summed E-state index contributed by atoms with van der Waals surface area (Å²) in [5.74, 6) is 0.480. The van der Waals surface area contributed by atoms with Gasteiger partial charge in [-0.1, -0.05) is 73.0 Å². The molecule has 0 aromatic heterocycles. The van der Waals surface area contributed by atoms with Crippen molar-refractivity contribution in [3.05, 3.63) is 71.3 Å². The van der Waals surface area contributed by atoms with E-state index in [-0.39, 0.29) is 5.54 Å². The minimum Gasteiger partial charge on any atom is -0.324 e. The minimum absolute atomic E-state index is 0.102. The molecule has 110 valence electrons. The van der Waals surface area contributed by atoms with E-state index < -0.39 is 0 Å². The topological polar surface area (TPSA) is 26.0 Å². The molecule has 0 saturated heterocycles. The minimum atomic E-state index is -0.102. The van der Waals surface area contributed by atoms with Gasteiger partial charge in [-0.3, -0.25) is 0 Å². The van der Waals surface area contributed by atoms with Crippen molar-refractivity contribution in [3.8, 4) is 0 Å². The standard InChI is InChI=1S/C20H25N/c1-16-10-12-17(13-11-16)15-20(21)14-6-5-9-19(20)18-7-3-2-4-8-18/h2-4,7-8,10-13,19H,5-6,9,14-15,21H2,1H3. The van der Waals surface area contributed by atoms with Crippen LogP contribution in [0.1, 0.15) is 48.3 Å². The molecule has 1 aliphatic carbocycles. The van der Waals surface area contributed by atoms with E-state index in [2.05, 4.69) is 61.5 Å². The van der Waals surface area contributed by atoms with Gasteiger partial charge in [0.15, 0.2) is 0 Å². The van der Waals surface area contributed by atoms with E-state index in [1.54, 1.807) is 0 Å². The largest absolute Gasteiger partial charge is 0.324 e. The molecule has 3 rings (SSSR count). The van der Waals surface area contributed by atoms with Gasteiger partial charge in [0.25, 0.3) is 0 Å². The lowest BCUT2D eigenvalue weighted by atomic mass is 9.67. The van der Waals surface area contributed by atoms with E-state index in [4.69, 9.17) is 5.73 Å². The Morgan fingerprint density at radius 3 is 2.43 bits per heavy atom. The molecule has 2 aromatic rings. The van der Waals surface area contributed by atoms with Crippen LogP contribution in [0.5, 0.6) is 0 Å². The lowest BCUT2D eigenvalue weighted by Crippen LogP contribution is -2.49. The quantitative estimate of drug-likeness (QED) is 0.873. The van der Waals surface area contributed by atoms with E-state index in [1.165, 1.54) is 36.0 Å². The highest BCUT2D eigenvalue weighted by Gasteiger charge is 2.37. The average Bonchev–Trinajstić information content (AvgIpc) is 2.51. The van der Waals surface area contributed by atoms with Crippen LogP contribution in [0.3, 0.4) is 0 Å². The molecule has 0 spiro atoms.